The van der Waals surface area contributed by atoms with Crippen molar-refractivity contribution in [2.75, 3.05) is 27.2 Å². The maximum Gasteiger partial charge on any atom is 0.275 e. The number of nitrogens with one attached hydrogen (secondary N) is 1. The Bertz CT molecular complexity index is 624. The average molecular weight is 316 g/mol. The summed E-state index contributed by atoms with van der Waals surface area (Å²) in [6.07, 6.45) is 1.62. The van der Waals surface area contributed by atoms with Gasteiger partial charge in [0.2, 0.25) is 5.91 Å². The van der Waals surface area contributed by atoms with Crippen LogP contribution in [0, 0.1) is 0 Å². The fourth-order valence-electron chi connectivity index (χ4n) is 2.17. The first-order chi connectivity index (χ1) is 11.1. The molecule has 0 bridgehead atoms. The van der Waals surface area contributed by atoms with Gasteiger partial charge in [-0.2, -0.15) is 0 Å². The number of likely N-dealkylation sites (N-methyl/N-ethyl adjacent to an activating group) is 1. The van der Waals surface area contributed by atoms with Gasteiger partial charge >= 0.3 is 0 Å². The molecule has 1 heterocycles. The van der Waals surface area contributed by atoms with Crippen molar-refractivity contribution in [1.82, 2.24) is 10.2 Å². The molecule has 3 N–H and O–H groups in total. The van der Waals surface area contributed by atoms with Crippen molar-refractivity contribution in [3.63, 3.8) is 0 Å². The lowest BCUT2D eigenvalue weighted by Gasteiger charge is -2.14. The van der Waals surface area contributed by atoms with E-state index in [1.165, 1.54) is 4.90 Å². The fraction of sp³-hybridized carbons (Fsp3) is 0.294. The highest BCUT2D eigenvalue weighted by molar-refractivity contribution is 5.84. The van der Waals surface area contributed by atoms with Crippen LogP contribution in [0.2, 0.25) is 0 Å². The predicted molar refractivity (Wildman–Crippen MR) is 85.5 cm³/mol. The van der Waals surface area contributed by atoms with Gasteiger partial charge in [-0.15, -0.1) is 0 Å². The number of amides is 2. The van der Waals surface area contributed by atoms with E-state index in [4.69, 9.17) is 4.42 Å². The van der Waals surface area contributed by atoms with Gasteiger partial charge in [0.05, 0.1) is 12.8 Å². The number of furan rings is 1. The van der Waals surface area contributed by atoms with Crippen molar-refractivity contribution < 1.29 is 19.3 Å². The number of nitrogens with two attached hydrogens (primary N) is 1. The first-order valence-electron chi connectivity index (χ1n) is 7.46. The van der Waals surface area contributed by atoms with Crippen LogP contribution in [-0.4, -0.2) is 43.9 Å². The van der Waals surface area contributed by atoms with Crippen LogP contribution in [0.4, 0.5) is 0 Å². The second-order valence-corrected chi connectivity index (χ2v) is 5.41. The van der Waals surface area contributed by atoms with Crippen molar-refractivity contribution in [3.05, 3.63) is 60.1 Å². The van der Waals surface area contributed by atoms with E-state index in [-0.39, 0.29) is 30.9 Å². The van der Waals surface area contributed by atoms with Gasteiger partial charge in [0.1, 0.15) is 0 Å². The Kier molecular flexibility index (Phi) is 5.94. The van der Waals surface area contributed by atoms with Crippen LogP contribution >= 0.6 is 0 Å². The van der Waals surface area contributed by atoms with E-state index in [0.29, 0.717) is 0 Å². The molecule has 0 aliphatic heterocycles. The van der Waals surface area contributed by atoms with Crippen LogP contribution in [0.3, 0.4) is 0 Å². The van der Waals surface area contributed by atoms with E-state index in [9.17, 15) is 9.59 Å². The summed E-state index contributed by atoms with van der Waals surface area (Å²) in [5.74, 6) is 0.463. The van der Waals surface area contributed by atoms with E-state index in [1.807, 2.05) is 47.8 Å². The Labute approximate surface area is 135 Å². The fourth-order valence-corrected chi connectivity index (χ4v) is 2.17. The normalized spacial score (nSPS) is 11.7. The Balaban J connectivity index is 1.94. The number of hydrogen-bond donors (Lipinski definition) is 2. The van der Waals surface area contributed by atoms with Gasteiger partial charge in [-0.1, -0.05) is 30.3 Å². The van der Waals surface area contributed by atoms with Gasteiger partial charge in [0, 0.05) is 19.7 Å². The minimum atomic E-state index is -0.187. The molecule has 6 heteroatoms. The van der Waals surface area contributed by atoms with Crippen molar-refractivity contribution in [2.24, 2.45) is 0 Å². The number of carbonyl (C=O) groups is 2. The van der Waals surface area contributed by atoms with Crippen molar-refractivity contribution in [1.29, 1.82) is 0 Å². The Morgan fingerprint density at radius 1 is 1.17 bits per heavy atom. The number of rotatable bonds is 7. The quantitative estimate of drug-likeness (QED) is 0.762. The molecule has 2 aromatic rings. The highest BCUT2D eigenvalue weighted by Gasteiger charge is 2.21. The highest BCUT2D eigenvalue weighted by Crippen LogP contribution is 2.18. The monoisotopic (exact) mass is 316 g/mol. The molecule has 23 heavy (non-hydrogen) atoms. The molecule has 2 rings (SSSR count). The minimum Gasteiger partial charge on any atom is -0.463 e. The number of benzene rings is 1. The molecule has 0 aliphatic carbocycles. The molecular weight excluding hydrogens is 294 g/mol. The molecule has 0 radical (unpaired) electrons. The number of nitrogens with zero attached hydrogens (tertiary/aromatic N) is 1. The summed E-state index contributed by atoms with van der Waals surface area (Å²) < 4.78 is 5.49. The van der Waals surface area contributed by atoms with Crippen LogP contribution in [0.15, 0.2) is 53.1 Å². The molecule has 0 saturated heterocycles. The lowest BCUT2D eigenvalue weighted by atomic mass is 10.0. The zero-order chi connectivity index (χ0) is 16.7. The molecule has 6 nitrogen and oxygen atoms in total. The van der Waals surface area contributed by atoms with E-state index in [0.717, 1.165) is 11.3 Å². The maximum absolute atomic E-state index is 11.9. The largest absolute Gasteiger partial charge is 0.463 e. The first kappa shape index (κ1) is 16.8. The van der Waals surface area contributed by atoms with E-state index in [2.05, 4.69) is 5.32 Å². The van der Waals surface area contributed by atoms with Gasteiger partial charge in [-0.25, -0.2) is 0 Å². The third-order valence-corrected chi connectivity index (χ3v) is 3.48. The summed E-state index contributed by atoms with van der Waals surface area (Å²) >= 11 is 0. The second kappa shape index (κ2) is 8.14. The molecule has 2 amide bonds. The van der Waals surface area contributed by atoms with E-state index in [1.54, 1.807) is 20.4 Å². The smallest absolute Gasteiger partial charge is 0.275 e. The molecule has 0 unspecified atom stereocenters. The number of quaternary nitrogens is 1. The summed E-state index contributed by atoms with van der Waals surface area (Å²) in [7, 11) is 3.31. The van der Waals surface area contributed by atoms with E-state index < -0.39 is 0 Å². The van der Waals surface area contributed by atoms with Gasteiger partial charge in [-0.3, -0.25) is 9.59 Å². The third kappa shape index (κ3) is 4.96. The molecule has 0 fully saturated rings. The van der Waals surface area contributed by atoms with Crippen LogP contribution in [0.1, 0.15) is 17.4 Å². The lowest BCUT2D eigenvalue weighted by molar-refractivity contribution is -0.678. The number of carbonyl (C=O) groups excluding carboxylic acids is 2. The second-order valence-electron chi connectivity index (χ2n) is 5.41. The van der Waals surface area contributed by atoms with E-state index >= 15 is 0 Å². The molecule has 1 aromatic carbocycles. The van der Waals surface area contributed by atoms with Gasteiger partial charge < -0.3 is 20.0 Å². The zero-order valence-corrected chi connectivity index (χ0v) is 13.4. The SMILES string of the molecule is CN(C)C(=O)CNC(=O)C[NH2+][C@@H](c1ccccc1)c1ccco1. The highest BCUT2D eigenvalue weighted by atomic mass is 16.3. The van der Waals surface area contributed by atoms with Crippen LogP contribution in [0.25, 0.3) is 0 Å². The van der Waals surface area contributed by atoms with Crippen molar-refractivity contribution >= 4 is 11.8 Å². The Morgan fingerprint density at radius 3 is 2.52 bits per heavy atom. The van der Waals surface area contributed by atoms with Crippen molar-refractivity contribution in [2.45, 2.75) is 6.04 Å². The summed E-state index contributed by atoms with van der Waals surface area (Å²) in [6, 6.07) is 13.5. The third-order valence-electron chi connectivity index (χ3n) is 3.48. The molecule has 0 aliphatic rings. The van der Waals surface area contributed by atoms with Crippen LogP contribution in [-0.2, 0) is 9.59 Å². The zero-order valence-electron chi connectivity index (χ0n) is 13.4. The standard InChI is InChI=1S/C17H21N3O3/c1-20(2)16(22)12-18-15(21)11-19-17(14-9-6-10-23-14)13-7-4-3-5-8-13/h3-10,17,19H,11-12H2,1-2H3,(H,18,21)/p+1/t17-/m0/s1. The summed E-state index contributed by atoms with van der Waals surface area (Å²) in [5.41, 5.74) is 1.06. The average Bonchev–Trinajstić information content (AvgIpc) is 3.08. The molecule has 0 saturated carbocycles. The Hall–Kier alpha value is -2.60. The van der Waals surface area contributed by atoms with Gasteiger partial charge in [-0.05, 0) is 12.1 Å². The number of hydrogen-bond acceptors (Lipinski definition) is 3. The molecular formula is C17H22N3O3+. The summed E-state index contributed by atoms with van der Waals surface area (Å²) in [5, 5.41) is 4.52. The maximum atomic E-state index is 11.9. The first-order valence-corrected chi connectivity index (χ1v) is 7.46. The molecule has 1 atom stereocenters. The van der Waals surface area contributed by atoms with Crippen molar-refractivity contribution in [3.8, 4) is 0 Å². The minimum absolute atomic E-state index is 0.0103. The predicted octanol–water partition coefficient (Wildman–Crippen LogP) is 0.137. The van der Waals surface area contributed by atoms with Crippen LogP contribution < -0.4 is 10.6 Å². The summed E-state index contributed by atoms with van der Waals surface area (Å²) in [4.78, 5) is 24.9. The van der Waals surface area contributed by atoms with Gasteiger partial charge in [0.15, 0.2) is 18.3 Å². The molecule has 122 valence electrons. The van der Waals surface area contributed by atoms with Gasteiger partial charge in [0.25, 0.3) is 5.91 Å². The lowest BCUT2D eigenvalue weighted by Crippen LogP contribution is -2.87. The molecule has 1 aromatic heterocycles. The summed E-state index contributed by atoms with van der Waals surface area (Å²) in [6.45, 7) is 0.220. The molecule has 0 spiro atoms. The Morgan fingerprint density at radius 2 is 1.91 bits per heavy atom. The topological polar surface area (TPSA) is 79.2 Å². The van der Waals surface area contributed by atoms with Crippen LogP contribution in [0.5, 0.6) is 0 Å².